The zero-order valence-electron chi connectivity index (χ0n) is 10.9. The van der Waals surface area contributed by atoms with Gasteiger partial charge in [0.25, 0.3) is 5.56 Å². The fourth-order valence-electron chi connectivity index (χ4n) is 1.82. The lowest BCUT2D eigenvalue weighted by molar-refractivity contribution is 0.913. The van der Waals surface area contributed by atoms with Crippen molar-refractivity contribution in [1.29, 1.82) is 0 Å². The maximum Gasteiger partial charge on any atom is 0.267 e. The number of aromatic nitrogens is 2. The number of hydrogen-bond donors (Lipinski definition) is 1. The van der Waals surface area contributed by atoms with E-state index >= 15 is 0 Å². The van der Waals surface area contributed by atoms with Gasteiger partial charge in [0.05, 0.1) is 5.69 Å². The maximum absolute atomic E-state index is 11.6. The molecular weight excluding hydrogens is 226 g/mol. The van der Waals surface area contributed by atoms with E-state index < -0.39 is 0 Å². The van der Waals surface area contributed by atoms with Crippen molar-refractivity contribution in [2.45, 2.75) is 13.3 Å². The van der Waals surface area contributed by atoms with Crippen LogP contribution in [0.25, 0.3) is 0 Å². The second-order valence-electron chi connectivity index (χ2n) is 4.60. The zero-order valence-corrected chi connectivity index (χ0v) is 10.9. The van der Waals surface area contributed by atoms with Crippen LogP contribution in [0.1, 0.15) is 16.8 Å². The summed E-state index contributed by atoms with van der Waals surface area (Å²) >= 11 is 0. The molecule has 18 heavy (non-hydrogen) atoms. The number of anilines is 1. The lowest BCUT2D eigenvalue weighted by Crippen LogP contribution is -2.15. The summed E-state index contributed by atoms with van der Waals surface area (Å²) in [6.07, 6.45) is 0.631. The first-order valence-corrected chi connectivity index (χ1v) is 5.88. The molecule has 0 fully saturated rings. The van der Waals surface area contributed by atoms with Gasteiger partial charge < -0.3 is 4.90 Å². The van der Waals surface area contributed by atoms with E-state index in [1.165, 1.54) is 0 Å². The predicted octanol–water partition coefficient (Wildman–Crippen LogP) is 1.74. The van der Waals surface area contributed by atoms with E-state index in [0.717, 1.165) is 22.5 Å². The van der Waals surface area contributed by atoms with E-state index in [1.807, 2.05) is 44.1 Å². The highest BCUT2D eigenvalue weighted by atomic mass is 16.1. The zero-order chi connectivity index (χ0) is 13.1. The van der Waals surface area contributed by atoms with Crippen LogP contribution in [-0.2, 0) is 6.42 Å². The van der Waals surface area contributed by atoms with Crippen molar-refractivity contribution in [3.8, 4) is 0 Å². The first kappa shape index (κ1) is 12.4. The third kappa shape index (κ3) is 2.77. The molecule has 0 radical (unpaired) electrons. The molecule has 4 nitrogen and oxygen atoms in total. The Morgan fingerprint density at radius 3 is 2.50 bits per heavy atom. The van der Waals surface area contributed by atoms with E-state index in [0.29, 0.717) is 6.42 Å². The van der Waals surface area contributed by atoms with Crippen LogP contribution in [0, 0.1) is 6.92 Å². The maximum atomic E-state index is 11.6. The summed E-state index contributed by atoms with van der Waals surface area (Å²) < 4.78 is 0. The lowest BCUT2D eigenvalue weighted by Gasteiger charge is -2.12. The molecule has 94 valence electrons. The minimum Gasteiger partial charge on any atom is -0.378 e. The molecule has 0 saturated heterocycles. The number of aryl methyl sites for hydroxylation is 1. The Balaban J connectivity index is 2.23. The second-order valence-corrected chi connectivity index (χ2v) is 4.60. The van der Waals surface area contributed by atoms with Crippen molar-refractivity contribution in [3.63, 3.8) is 0 Å². The van der Waals surface area contributed by atoms with E-state index in [2.05, 4.69) is 22.3 Å². The van der Waals surface area contributed by atoms with Gasteiger partial charge in [0, 0.05) is 31.8 Å². The Bertz CT molecular complexity index is 585. The SMILES string of the molecule is Cc1cc(Cc2ccc(N(C)C)cc2)c(=O)[nH]n1. The topological polar surface area (TPSA) is 49.0 Å². The van der Waals surface area contributed by atoms with Gasteiger partial charge in [-0.25, -0.2) is 5.10 Å². The van der Waals surface area contributed by atoms with E-state index in [-0.39, 0.29) is 5.56 Å². The van der Waals surface area contributed by atoms with Crippen molar-refractivity contribution in [2.75, 3.05) is 19.0 Å². The number of H-pyrrole nitrogens is 1. The molecule has 0 aliphatic rings. The quantitative estimate of drug-likeness (QED) is 0.893. The minimum atomic E-state index is -0.114. The number of rotatable bonds is 3. The second kappa shape index (κ2) is 5.04. The first-order chi connectivity index (χ1) is 8.56. The lowest BCUT2D eigenvalue weighted by atomic mass is 10.1. The van der Waals surface area contributed by atoms with Crippen LogP contribution in [-0.4, -0.2) is 24.3 Å². The molecule has 0 aliphatic carbocycles. The van der Waals surface area contributed by atoms with Crippen molar-refractivity contribution in [2.24, 2.45) is 0 Å². The summed E-state index contributed by atoms with van der Waals surface area (Å²) in [5.74, 6) is 0. The van der Waals surface area contributed by atoms with E-state index in [1.54, 1.807) is 0 Å². The fraction of sp³-hybridized carbons (Fsp3) is 0.286. The average molecular weight is 243 g/mol. The summed E-state index contributed by atoms with van der Waals surface area (Å²) in [5.41, 5.74) is 3.74. The van der Waals surface area contributed by atoms with Gasteiger partial charge in [-0.05, 0) is 30.7 Å². The third-order valence-corrected chi connectivity index (χ3v) is 2.86. The molecule has 4 heteroatoms. The van der Waals surface area contributed by atoms with Crippen LogP contribution in [0.3, 0.4) is 0 Å². The normalized spacial score (nSPS) is 10.4. The minimum absolute atomic E-state index is 0.114. The molecule has 0 unspecified atom stereocenters. The van der Waals surface area contributed by atoms with E-state index in [4.69, 9.17) is 0 Å². The monoisotopic (exact) mass is 243 g/mol. The highest BCUT2D eigenvalue weighted by Crippen LogP contribution is 2.14. The van der Waals surface area contributed by atoms with Gasteiger partial charge in [-0.15, -0.1) is 0 Å². The Kier molecular flexibility index (Phi) is 3.46. The molecule has 0 atom stereocenters. The average Bonchev–Trinajstić information content (AvgIpc) is 2.34. The molecule has 0 aliphatic heterocycles. The Labute approximate surface area is 106 Å². The molecular formula is C14H17N3O. The number of nitrogens with one attached hydrogen (secondary N) is 1. The van der Waals surface area contributed by atoms with Gasteiger partial charge in [0.2, 0.25) is 0 Å². The molecule has 1 aromatic heterocycles. The number of benzene rings is 1. The van der Waals surface area contributed by atoms with Gasteiger partial charge in [-0.1, -0.05) is 12.1 Å². The highest BCUT2D eigenvalue weighted by Gasteiger charge is 2.03. The molecule has 0 bridgehead atoms. The highest BCUT2D eigenvalue weighted by molar-refractivity contribution is 5.46. The Morgan fingerprint density at radius 1 is 1.22 bits per heavy atom. The van der Waals surface area contributed by atoms with Gasteiger partial charge in [0.1, 0.15) is 0 Å². The van der Waals surface area contributed by atoms with Gasteiger partial charge >= 0.3 is 0 Å². The molecule has 2 rings (SSSR count). The van der Waals surface area contributed by atoms with Gasteiger partial charge in [0.15, 0.2) is 0 Å². The van der Waals surface area contributed by atoms with Crippen LogP contribution in [0.5, 0.6) is 0 Å². The van der Waals surface area contributed by atoms with Crippen molar-refractivity contribution in [3.05, 3.63) is 57.5 Å². The summed E-state index contributed by atoms with van der Waals surface area (Å²) in [6, 6.07) is 10.0. The summed E-state index contributed by atoms with van der Waals surface area (Å²) in [7, 11) is 4.01. The van der Waals surface area contributed by atoms with Crippen molar-refractivity contribution in [1.82, 2.24) is 10.2 Å². The largest absolute Gasteiger partial charge is 0.378 e. The summed E-state index contributed by atoms with van der Waals surface area (Å²) in [4.78, 5) is 13.7. The smallest absolute Gasteiger partial charge is 0.267 e. The third-order valence-electron chi connectivity index (χ3n) is 2.86. The number of hydrogen-bond acceptors (Lipinski definition) is 3. The molecule has 1 N–H and O–H groups in total. The molecule has 1 heterocycles. The van der Waals surface area contributed by atoms with Crippen molar-refractivity contribution < 1.29 is 0 Å². The fourth-order valence-corrected chi connectivity index (χ4v) is 1.82. The van der Waals surface area contributed by atoms with Crippen LogP contribution in [0.4, 0.5) is 5.69 Å². The molecule has 0 amide bonds. The van der Waals surface area contributed by atoms with Crippen LogP contribution in [0.15, 0.2) is 35.1 Å². The first-order valence-electron chi connectivity index (χ1n) is 5.88. The van der Waals surface area contributed by atoms with E-state index in [9.17, 15) is 4.79 Å². The summed E-state index contributed by atoms with van der Waals surface area (Å²) in [6.45, 7) is 1.87. The predicted molar refractivity (Wildman–Crippen MR) is 73.2 cm³/mol. The Hall–Kier alpha value is -2.10. The standard InChI is InChI=1S/C14H17N3O/c1-10-8-12(14(18)16-15-10)9-11-4-6-13(7-5-11)17(2)3/h4-8H,9H2,1-3H3,(H,16,18). The number of aromatic amines is 1. The van der Waals surface area contributed by atoms with Crippen LogP contribution >= 0.6 is 0 Å². The van der Waals surface area contributed by atoms with Crippen LogP contribution < -0.4 is 10.5 Å². The number of nitrogens with zero attached hydrogens (tertiary/aromatic N) is 2. The molecule has 0 spiro atoms. The summed E-state index contributed by atoms with van der Waals surface area (Å²) in [5, 5.41) is 6.38. The van der Waals surface area contributed by atoms with Gasteiger partial charge in [-0.3, -0.25) is 4.79 Å². The molecule has 2 aromatic rings. The Morgan fingerprint density at radius 2 is 1.89 bits per heavy atom. The molecule has 1 aromatic carbocycles. The van der Waals surface area contributed by atoms with Crippen molar-refractivity contribution >= 4 is 5.69 Å². The van der Waals surface area contributed by atoms with Gasteiger partial charge in [-0.2, -0.15) is 5.10 Å². The van der Waals surface area contributed by atoms with Crippen LogP contribution in [0.2, 0.25) is 0 Å². The molecule has 0 saturated carbocycles.